The summed E-state index contributed by atoms with van der Waals surface area (Å²) >= 11 is 1.43. The second kappa shape index (κ2) is 7.45. The van der Waals surface area contributed by atoms with Crippen molar-refractivity contribution in [3.8, 4) is 0 Å². The molecule has 1 atom stereocenters. The van der Waals surface area contributed by atoms with Crippen molar-refractivity contribution in [2.75, 3.05) is 25.1 Å². The predicted octanol–water partition coefficient (Wildman–Crippen LogP) is 2.69. The van der Waals surface area contributed by atoms with Crippen molar-refractivity contribution in [2.45, 2.75) is 38.7 Å². The van der Waals surface area contributed by atoms with E-state index in [1.165, 1.54) is 24.2 Å². The summed E-state index contributed by atoms with van der Waals surface area (Å²) in [5, 5.41) is 5.71. The maximum absolute atomic E-state index is 11.5. The summed E-state index contributed by atoms with van der Waals surface area (Å²) < 4.78 is 10.6. The van der Waals surface area contributed by atoms with Crippen LogP contribution in [0.5, 0.6) is 0 Å². The number of hydrogen-bond acceptors (Lipinski definition) is 6. The number of ether oxygens (including phenoxy) is 2. The van der Waals surface area contributed by atoms with Crippen molar-refractivity contribution in [2.24, 2.45) is 0 Å². The fraction of sp³-hybridized carbons (Fsp3) is 0.692. The third kappa shape index (κ3) is 4.47. The number of nitrogens with one attached hydrogen (secondary N) is 1. The Kier molecular flexibility index (Phi) is 5.60. The lowest BCUT2D eigenvalue weighted by molar-refractivity contribution is 0.0134. The average Bonchev–Trinajstić information content (AvgIpc) is 2.89. The number of anilines is 1. The fourth-order valence-electron chi connectivity index (χ4n) is 2.03. The van der Waals surface area contributed by atoms with Crippen LogP contribution >= 0.6 is 11.3 Å². The summed E-state index contributed by atoms with van der Waals surface area (Å²) in [6.45, 7) is 3.86. The van der Waals surface area contributed by atoms with E-state index >= 15 is 0 Å². The third-order valence-corrected chi connectivity index (χ3v) is 3.81. The molecule has 1 fully saturated rings. The van der Waals surface area contributed by atoms with Crippen molar-refractivity contribution in [1.82, 2.24) is 4.98 Å². The highest BCUT2D eigenvalue weighted by molar-refractivity contribution is 7.13. The number of carbonyl (C=O) groups excluding carboxylic acids is 1. The maximum atomic E-state index is 11.5. The third-order valence-electron chi connectivity index (χ3n) is 3.01. The molecule has 0 saturated carbocycles. The summed E-state index contributed by atoms with van der Waals surface area (Å²) in [7, 11) is 0. The Morgan fingerprint density at radius 3 is 3.26 bits per heavy atom. The summed E-state index contributed by atoms with van der Waals surface area (Å²) in [6, 6.07) is 0. The Labute approximate surface area is 117 Å². The van der Waals surface area contributed by atoms with E-state index in [1.54, 1.807) is 12.3 Å². The molecule has 1 N–H and O–H groups in total. The summed E-state index contributed by atoms with van der Waals surface area (Å²) in [4.78, 5) is 15.7. The zero-order valence-corrected chi connectivity index (χ0v) is 12.0. The zero-order valence-electron chi connectivity index (χ0n) is 11.2. The van der Waals surface area contributed by atoms with Gasteiger partial charge >= 0.3 is 5.97 Å². The first-order valence-electron chi connectivity index (χ1n) is 6.77. The quantitative estimate of drug-likeness (QED) is 0.814. The molecule has 1 aliphatic heterocycles. The topological polar surface area (TPSA) is 60.5 Å². The Balaban J connectivity index is 1.72. The smallest absolute Gasteiger partial charge is 0.357 e. The lowest BCUT2D eigenvalue weighted by Gasteiger charge is -2.22. The van der Waals surface area contributed by atoms with Gasteiger partial charge in [-0.1, -0.05) is 0 Å². The molecule has 0 bridgehead atoms. The SMILES string of the molecule is CCOC(=O)c1csc(NCCC2CCCCO2)n1. The van der Waals surface area contributed by atoms with Gasteiger partial charge in [0.1, 0.15) is 0 Å². The largest absolute Gasteiger partial charge is 0.461 e. The minimum absolute atomic E-state index is 0.359. The molecule has 106 valence electrons. The van der Waals surface area contributed by atoms with E-state index in [1.807, 2.05) is 0 Å². The highest BCUT2D eigenvalue weighted by atomic mass is 32.1. The molecule has 19 heavy (non-hydrogen) atoms. The van der Waals surface area contributed by atoms with E-state index in [-0.39, 0.29) is 5.97 Å². The molecule has 0 aromatic carbocycles. The van der Waals surface area contributed by atoms with Crippen LogP contribution in [0.25, 0.3) is 0 Å². The van der Waals surface area contributed by atoms with Gasteiger partial charge in [0.05, 0.1) is 12.7 Å². The molecular formula is C13H20N2O3S. The standard InChI is InChI=1S/C13H20N2O3S/c1-2-17-12(16)11-9-19-13(15-11)14-7-6-10-5-3-4-8-18-10/h9-10H,2-8H2,1H3,(H,14,15). The van der Waals surface area contributed by atoms with Gasteiger partial charge in [-0.05, 0) is 32.6 Å². The number of esters is 1. The van der Waals surface area contributed by atoms with Crippen molar-refractivity contribution >= 4 is 22.4 Å². The molecule has 5 nitrogen and oxygen atoms in total. The van der Waals surface area contributed by atoms with Gasteiger partial charge in [0.2, 0.25) is 0 Å². The first kappa shape index (κ1) is 14.3. The van der Waals surface area contributed by atoms with Gasteiger partial charge in [0, 0.05) is 18.5 Å². The molecule has 2 rings (SSSR count). The number of carbonyl (C=O) groups is 1. The second-order valence-electron chi connectivity index (χ2n) is 4.46. The molecule has 1 unspecified atom stereocenters. The van der Waals surface area contributed by atoms with Crippen LogP contribution in [0.3, 0.4) is 0 Å². The lowest BCUT2D eigenvalue weighted by atomic mass is 10.1. The average molecular weight is 284 g/mol. The number of thiazole rings is 1. The molecule has 2 heterocycles. The van der Waals surface area contributed by atoms with Gasteiger partial charge in [-0.2, -0.15) is 0 Å². The van der Waals surface area contributed by atoms with Gasteiger partial charge < -0.3 is 14.8 Å². The fourth-order valence-corrected chi connectivity index (χ4v) is 2.74. The zero-order chi connectivity index (χ0) is 13.5. The summed E-state index contributed by atoms with van der Waals surface area (Å²) in [5.41, 5.74) is 0.378. The normalized spacial score (nSPS) is 19.1. The van der Waals surface area contributed by atoms with Gasteiger partial charge in [0.15, 0.2) is 10.8 Å². The van der Waals surface area contributed by atoms with E-state index in [0.717, 1.165) is 31.1 Å². The molecule has 1 aliphatic rings. The highest BCUT2D eigenvalue weighted by Gasteiger charge is 2.14. The number of nitrogens with zero attached hydrogens (tertiary/aromatic N) is 1. The van der Waals surface area contributed by atoms with Crippen LogP contribution in [0.4, 0.5) is 5.13 Å². The Morgan fingerprint density at radius 1 is 1.63 bits per heavy atom. The monoisotopic (exact) mass is 284 g/mol. The van der Waals surface area contributed by atoms with E-state index in [9.17, 15) is 4.79 Å². The van der Waals surface area contributed by atoms with Crippen LogP contribution in [0, 0.1) is 0 Å². The second-order valence-corrected chi connectivity index (χ2v) is 5.32. The van der Waals surface area contributed by atoms with Crippen molar-refractivity contribution < 1.29 is 14.3 Å². The molecule has 1 aromatic heterocycles. The van der Waals surface area contributed by atoms with Gasteiger partial charge in [-0.25, -0.2) is 9.78 Å². The minimum atomic E-state index is -0.359. The van der Waals surface area contributed by atoms with Crippen molar-refractivity contribution in [3.05, 3.63) is 11.1 Å². The predicted molar refractivity (Wildman–Crippen MR) is 74.8 cm³/mol. The Hall–Kier alpha value is -1.14. The first-order chi connectivity index (χ1) is 9.29. The van der Waals surface area contributed by atoms with E-state index < -0.39 is 0 Å². The van der Waals surface area contributed by atoms with Crippen molar-refractivity contribution in [3.63, 3.8) is 0 Å². The summed E-state index contributed by atoms with van der Waals surface area (Å²) in [6.07, 6.45) is 4.93. The van der Waals surface area contributed by atoms with Gasteiger partial charge in [0.25, 0.3) is 0 Å². The lowest BCUT2D eigenvalue weighted by Crippen LogP contribution is -2.21. The van der Waals surface area contributed by atoms with Crippen LogP contribution in [0.2, 0.25) is 0 Å². The van der Waals surface area contributed by atoms with Crippen LogP contribution in [0.15, 0.2) is 5.38 Å². The Morgan fingerprint density at radius 2 is 2.53 bits per heavy atom. The number of aromatic nitrogens is 1. The molecule has 6 heteroatoms. The Bertz CT molecular complexity index is 402. The molecular weight excluding hydrogens is 264 g/mol. The van der Waals surface area contributed by atoms with Crippen LogP contribution < -0.4 is 5.32 Å². The van der Waals surface area contributed by atoms with Crippen LogP contribution in [-0.2, 0) is 9.47 Å². The summed E-state index contributed by atoms with van der Waals surface area (Å²) in [5.74, 6) is -0.359. The number of rotatable bonds is 6. The molecule has 0 amide bonds. The molecule has 0 radical (unpaired) electrons. The molecule has 1 aromatic rings. The number of hydrogen-bond donors (Lipinski definition) is 1. The molecule has 0 aliphatic carbocycles. The van der Waals surface area contributed by atoms with Crippen LogP contribution in [-0.4, -0.2) is 36.8 Å². The van der Waals surface area contributed by atoms with Gasteiger partial charge in [-0.15, -0.1) is 11.3 Å². The highest BCUT2D eigenvalue weighted by Crippen LogP contribution is 2.18. The van der Waals surface area contributed by atoms with Crippen LogP contribution in [0.1, 0.15) is 43.1 Å². The van der Waals surface area contributed by atoms with E-state index in [2.05, 4.69) is 10.3 Å². The van der Waals surface area contributed by atoms with Gasteiger partial charge in [-0.3, -0.25) is 0 Å². The van der Waals surface area contributed by atoms with E-state index in [4.69, 9.17) is 9.47 Å². The van der Waals surface area contributed by atoms with E-state index in [0.29, 0.717) is 18.4 Å². The maximum Gasteiger partial charge on any atom is 0.357 e. The molecule has 0 spiro atoms. The first-order valence-corrected chi connectivity index (χ1v) is 7.65. The minimum Gasteiger partial charge on any atom is -0.461 e. The van der Waals surface area contributed by atoms with Crippen molar-refractivity contribution in [1.29, 1.82) is 0 Å². The molecule has 1 saturated heterocycles.